The minimum Gasteiger partial charge on any atom is -0.497 e. The predicted octanol–water partition coefficient (Wildman–Crippen LogP) is 3.83. The molecule has 0 saturated heterocycles. The molecule has 1 amide bonds. The van der Waals surface area contributed by atoms with Gasteiger partial charge in [-0.25, -0.2) is 0 Å². The number of amides is 1. The summed E-state index contributed by atoms with van der Waals surface area (Å²) in [6.07, 6.45) is 1.77. The summed E-state index contributed by atoms with van der Waals surface area (Å²) in [5.74, 6) is 0.287. The molecule has 0 radical (unpaired) electrons. The lowest BCUT2D eigenvalue weighted by molar-refractivity contribution is 0.100. The summed E-state index contributed by atoms with van der Waals surface area (Å²) in [5.41, 5.74) is 10.4. The van der Waals surface area contributed by atoms with E-state index in [1.54, 1.807) is 19.4 Å². The largest absolute Gasteiger partial charge is 0.497 e. The number of carbonyl (C=O) groups is 1. The van der Waals surface area contributed by atoms with Gasteiger partial charge in [0.05, 0.1) is 12.8 Å². The first-order valence-corrected chi connectivity index (χ1v) is 7.60. The van der Waals surface area contributed by atoms with Crippen LogP contribution in [0.3, 0.4) is 0 Å². The van der Waals surface area contributed by atoms with Crippen molar-refractivity contribution in [1.29, 1.82) is 0 Å². The van der Waals surface area contributed by atoms with E-state index in [1.807, 2.05) is 55.5 Å². The van der Waals surface area contributed by atoms with E-state index < -0.39 is 5.91 Å². The molecule has 3 rings (SSSR count). The van der Waals surface area contributed by atoms with E-state index in [0.717, 1.165) is 33.7 Å². The number of aryl methyl sites for hydroxylation is 1. The molecular weight excluding hydrogens is 300 g/mol. The summed E-state index contributed by atoms with van der Waals surface area (Å²) < 4.78 is 5.26. The molecule has 0 aliphatic rings. The number of methoxy groups -OCH3 is 1. The van der Waals surface area contributed by atoms with Crippen molar-refractivity contribution in [2.75, 3.05) is 7.11 Å². The molecule has 1 aromatic heterocycles. The Hall–Kier alpha value is -3.14. The Morgan fingerprint density at radius 1 is 1.04 bits per heavy atom. The number of pyridine rings is 1. The fourth-order valence-electron chi connectivity index (χ4n) is 2.58. The van der Waals surface area contributed by atoms with E-state index in [2.05, 4.69) is 4.98 Å². The Bertz CT molecular complexity index is 886. The second-order valence-corrected chi connectivity index (χ2v) is 5.58. The number of hydrogen-bond acceptors (Lipinski definition) is 3. The topological polar surface area (TPSA) is 65.2 Å². The Kier molecular flexibility index (Phi) is 4.29. The first kappa shape index (κ1) is 15.7. The average molecular weight is 318 g/mol. The van der Waals surface area contributed by atoms with E-state index in [4.69, 9.17) is 10.5 Å². The van der Waals surface area contributed by atoms with Crippen LogP contribution in [0.25, 0.3) is 22.4 Å². The number of ether oxygens (including phenoxy) is 1. The molecule has 0 saturated carbocycles. The van der Waals surface area contributed by atoms with E-state index in [0.29, 0.717) is 5.56 Å². The van der Waals surface area contributed by atoms with Gasteiger partial charge in [-0.3, -0.25) is 9.78 Å². The maximum Gasteiger partial charge on any atom is 0.249 e. The minimum absolute atomic E-state index is 0.451. The molecule has 2 N–H and O–H groups in total. The number of aromatic nitrogens is 1. The molecule has 0 fully saturated rings. The first-order chi connectivity index (χ1) is 11.6. The van der Waals surface area contributed by atoms with Crippen molar-refractivity contribution < 1.29 is 9.53 Å². The Morgan fingerprint density at radius 3 is 2.50 bits per heavy atom. The minimum atomic E-state index is -0.475. The standard InChI is InChI=1S/C20H18N2O2/c1-13-6-9-19(22-12-13)17-8-7-15(11-18(17)20(21)23)14-4-3-5-16(10-14)24-2/h3-12H,1-2H3,(H2,21,23). The zero-order chi connectivity index (χ0) is 17.1. The Morgan fingerprint density at radius 2 is 1.83 bits per heavy atom. The summed E-state index contributed by atoms with van der Waals surface area (Å²) in [4.78, 5) is 16.3. The van der Waals surface area contributed by atoms with Crippen molar-refractivity contribution in [1.82, 2.24) is 4.98 Å². The molecule has 120 valence electrons. The van der Waals surface area contributed by atoms with E-state index >= 15 is 0 Å². The fourth-order valence-corrected chi connectivity index (χ4v) is 2.58. The van der Waals surface area contributed by atoms with Crippen LogP contribution in [0.15, 0.2) is 60.8 Å². The molecule has 4 nitrogen and oxygen atoms in total. The highest BCUT2D eigenvalue weighted by Crippen LogP contribution is 2.29. The predicted molar refractivity (Wildman–Crippen MR) is 94.9 cm³/mol. The molecule has 0 atom stereocenters. The van der Waals surface area contributed by atoms with Crippen molar-refractivity contribution in [3.05, 3.63) is 71.9 Å². The van der Waals surface area contributed by atoms with Crippen LogP contribution in [0, 0.1) is 6.92 Å². The molecule has 0 unspecified atom stereocenters. The number of nitrogens with zero attached hydrogens (tertiary/aromatic N) is 1. The summed E-state index contributed by atoms with van der Waals surface area (Å²) in [7, 11) is 1.63. The lowest BCUT2D eigenvalue weighted by Gasteiger charge is -2.10. The monoisotopic (exact) mass is 318 g/mol. The molecule has 1 heterocycles. The lowest BCUT2D eigenvalue weighted by Crippen LogP contribution is -2.12. The van der Waals surface area contributed by atoms with Gasteiger partial charge in [-0.2, -0.15) is 0 Å². The van der Waals surface area contributed by atoms with Gasteiger partial charge < -0.3 is 10.5 Å². The van der Waals surface area contributed by atoms with Gasteiger partial charge in [0.1, 0.15) is 5.75 Å². The van der Waals surface area contributed by atoms with Gasteiger partial charge in [0.25, 0.3) is 0 Å². The maximum absolute atomic E-state index is 11.9. The summed E-state index contributed by atoms with van der Waals surface area (Å²) in [5, 5.41) is 0. The normalized spacial score (nSPS) is 10.4. The van der Waals surface area contributed by atoms with Crippen LogP contribution >= 0.6 is 0 Å². The van der Waals surface area contributed by atoms with Gasteiger partial charge in [0.15, 0.2) is 0 Å². The third-order valence-corrected chi connectivity index (χ3v) is 3.88. The van der Waals surface area contributed by atoms with Crippen LogP contribution in [0.5, 0.6) is 5.75 Å². The van der Waals surface area contributed by atoms with Crippen molar-refractivity contribution >= 4 is 5.91 Å². The zero-order valence-electron chi connectivity index (χ0n) is 13.6. The fraction of sp³-hybridized carbons (Fsp3) is 0.100. The van der Waals surface area contributed by atoms with Crippen LogP contribution < -0.4 is 10.5 Å². The molecule has 24 heavy (non-hydrogen) atoms. The van der Waals surface area contributed by atoms with Crippen LogP contribution in [-0.2, 0) is 0 Å². The number of carbonyl (C=O) groups excluding carboxylic acids is 1. The van der Waals surface area contributed by atoms with Gasteiger partial charge in [0, 0.05) is 17.3 Å². The van der Waals surface area contributed by atoms with Crippen LogP contribution in [0.1, 0.15) is 15.9 Å². The van der Waals surface area contributed by atoms with Crippen molar-refractivity contribution in [3.8, 4) is 28.1 Å². The third-order valence-electron chi connectivity index (χ3n) is 3.88. The van der Waals surface area contributed by atoms with E-state index in [-0.39, 0.29) is 0 Å². The SMILES string of the molecule is COc1cccc(-c2ccc(-c3ccc(C)cn3)c(C(N)=O)c2)c1. The van der Waals surface area contributed by atoms with E-state index in [1.165, 1.54) is 0 Å². The highest BCUT2D eigenvalue weighted by atomic mass is 16.5. The van der Waals surface area contributed by atoms with Gasteiger partial charge in [-0.1, -0.05) is 30.3 Å². The van der Waals surface area contributed by atoms with Gasteiger partial charge in [-0.15, -0.1) is 0 Å². The van der Waals surface area contributed by atoms with Gasteiger partial charge in [0.2, 0.25) is 5.91 Å². The molecule has 0 aliphatic heterocycles. The first-order valence-electron chi connectivity index (χ1n) is 7.60. The number of nitrogens with two attached hydrogens (primary N) is 1. The Balaban J connectivity index is 2.10. The number of benzene rings is 2. The van der Waals surface area contributed by atoms with E-state index in [9.17, 15) is 4.79 Å². The summed E-state index contributed by atoms with van der Waals surface area (Å²) >= 11 is 0. The number of primary amides is 1. The molecule has 0 bridgehead atoms. The molecule has 3 aromatic rings. The Labute approximate surface area is 140 Å². The average Bonchev–Trinajstić information content (AvgIpc) is 2.62. The number of rotatable bonds is 4. The highest BCUT2D eigenvalue weighted by molar-refractivity contribution is 6.00. The van der Waals surface area contributed by atoms with Crippen LogP contribution in [0.2, 0.25) is 0 Å². The molecule has 0 spiro atoms. The lowest BCUT2D eigenvalue weighted by atomic mass is 9.96. The van der Waals surface area contributed by atoms with Crippen LogP contribution in [-0.4, -0.2) is 18.0 Å². The van der Waals surface area contributed by atoms with Gasteiger partial charge in [-0.05, 0) is 47.9 Å². The van der Waals surface area contributed by atoms with Crippen molar-refractivity contribution in [2.24, 2.45) is 5.73 Å². The maximum atomic E-state index is 11.9. The summed E-state index contributed by atoms with van der Waals surface area (Å²) in [6, 6.07) is 17.2. The quantitative estimate of drug-likeness (QED) is 0.795. The third kappa shape index (κ3) is 3.13. The van der Waals surface area contributed by atoms with Crippen molar-refractivity contribution in [2.45, 2.75) is 6.92 Å². The van der Waals surface area contributed by atoms with Crippen molar-refractivity contribution in [3.63, 3.8) is 0 Å². The number of hydrogen-bond donors (Lipinski definition) is 1. The highest BCUT2D eigenvalue weighted by Gasteiger charge is 2.13. The van der Waals surface area contributed by atoms with Crippen LogP contribution in [0.4, 0.5) is 0 Å². The molecule has 4 heteroatoms. The second-order valence-electron chi connectivity index (χ2n) is 5.58. The summed E-state index contributed by atoms with van der Waals surface area (Å²) in [6.45, 7) is 1.97. The second kappa shape index (κ2) is 6.54. The molecule has 2 aromatic carbocycles. The molecular formula is C20H18N2O2. The zero-order valence-corrected chi connectivity index (χ0v) is 13.6. The van der Waals surface area contributed by atoms with Gasteiger partial charge >= 0.3 is 0 Å². The smallest absolute Gasteiger partial charge is 0.249 e. The molecule has 0 aliphatic carbocycles.